The number of nitrogens with one attached hydrogen (secondary N) is 1. The summed E-state index contributed by atoms with van der Waals surface area (Å²) in [7, 11) is 0. The van der Waals surface area contributed by atoms with Gasteiger partial charge in [-0.1, -0.05) is 11.6 Å². The Morgan fingerprint density at radius 3 is 2.86 bits per heavy atom. The van der Waals surface area contributed by atoms with Crippen LogP contribution in [-0.4, -0.2) is 10.9 Å². The highest BCUT2D eigenvalue weighted by Crippen LogP contribution is 2.25. The fourth-order valence-corrected chi connectivity index (χ4v) is 2.99. The van der Waals surface area contributed by atoms with Crippen molar-refractivity contribution in [3.05, 3.63) is 52.0 Å². The number of aromatic nitrogens is 1. The van der Waals surface area contributed by atoms with E-state index in [4.69, 9.17) is 17.3 Å². The molecule has 0 unspecified atom stereocenters. The van der Waals surface area contributed by atoms with Gasteiger partial charge in [-0.05, 0) is 43.3 Å². The Hall–Kier alpha value is -2.11. The van der Waals surface area contributed by atoms with E-state index in [2.05, 4.69) is 10.3 Å². The van der Waals surface area contributed by atoms with E-state index in [0.29, 0.717) is 16.3 Å². The van der Waals surface area contributed by atoms with Crippen LogP contribution in [-0.2, 0) is 0 Å². The lowest BCUT2D eigenvalue weighted by Gasteiger charge is -2.06. The first-order valence-electron chi connectivity index (χ1n) is 6.26. The van der Waals surface area contributed by atoms with Crippen LogP contribution in [0.25, 0.3) is 10.2 Å². The Morgan fingerprint density at radius 2 is 2.10 bits per heavy atom. The molecule has 1 heterocycles. The molecule has 0 fully saturated rings. The molecular weight excluding hydrogens is 306 g/mol. The normalized spacial score (nSPS) is 10.8. The van der Waals surface area contributed by atoms with Gasteiger partial charge in [0.1, 0.15) is 0 Å². The van der Waals surface area contributed by atoms with Crippen molar-refractivity contribution in [1.29, 1.82) is 0 Å². The van der Waals surface area contributed by atoms with Crippen LogP contribution in [0.4, 0.5) is 11.4 Å². The van der Waals surface area contributed by atoms with Crippen molar-refractivity contribution in [1.82, 2.24) is 4.98 Å². The monoisotopic (exact) mass is 317 g/mol. The summed E-state index contributed by atoms with van der Waals surface area (Å²) >= 11 is 7.44. The Morgan fingerprint density at radius 1 is 1.29 bits per heavy atom. The molecule has 0 spiro atoms. The summed E-state index contributed by atoms with van der Waals surface area (Å²) in [6.07, 6.45) is 0. The van der Waals surface area contributed by atoms with E-state index >= 15 is 0 Å². The Kier molecular flexibility index (Phi) is 3.53. The summed E-state index contributed by atoms with van der Waals surface area (Å²) in [6, 6.07) is 10.5. The number of anilines is 2. The lowest BCUT2D eigenvalue weighted by atomic mass is 10.2. The number of rotatable bonds is 2. The van der Waals surface area contributed by atoms with Crippen molar-refractivity contribution in [2.45, 2.75) is 6.92 Å². The number of hydrogen-bond donors (Lipinski definition) is 2. The standard InChI is InChI=1S/C15H12ClN3OS/c1-8-18-13-5-3-10(7-14(13)21-8)19-15(20)9-2-4-11(16)12(17)6-9/h2-7H,17H2,1H3,(H,19,20). The maximum Gasteiger partial charge on any atom is 0.255 e. The predicted octanol–water partition coefficient (Wildman–Crippen LogP) is 4.09. The molecule has 0 atom stereocenters. The number of nitrogens with two attached hydrogens (primary N) is 1. The Labute approximate surface area is 130 Å². The van der Waals surface area contributed by atoms with Gasteiger partial charge in [0.05, 0.1) is 25.9 Å². The Balaban J connectivity index is 1.86. The van der Waals surface area contributed by atoms with E-state index in [1.54, 1.807) is 29.5 Å². The van der Waals surface area contributed by atoms with Crippen LogP contribution in [0.1, 0.15) is 15.4 Å². The molecule has 6 heteroatoms. The molecule has 0 radical (unpaired) electrons. The molecule has 0 aliphatic carbocycles. The molecule has 1 amide bonds. The maximum absolute atomic E-state index is 12.2. The molecule has 3 N–H and O–H groups in total. The average Bonchev–Trinajstić information content (AvgIpc) is 2.81. The van der Waals surface area contributed by atoms with Gasteiger partial charge in [-0.15, -0.1) is 11.3 Å². The van der Waals surface area contributed by atoms with E-state index in [9.17, 15) is 4.79 Å². The van der Waals surface area contributed by atoms with Crippen molar-refractivity contribution in [3.8, 4) is 0 Å². The first-order chi connectivity index (χ1) is 10.0. The first-order valence-corrected chi connectivity index (χ1v) is 7.46. The topological polar surface area (TPSA) is 68.0 Å². The van der Waals surface area contributed by atoms with Gasteiger partial charge in [0, 0.05) is 11.3 Å². The molecule has 21 heavy (non-hydrogen) atoms. The lowest BCUT2D eigenvalue weighted by molar-refractivity contribution is 0.102. The quantitative estimate of drug-likeness (QED) is 0.699. The minimum atomic E-state index is -0.223. The summed E-state index contributed by atoms with van der Waals surface area (Å²) < 4.78 is 1.04. The second kappa shape index (κ2) is 5.35. The number of thiazole rings is 1. The van der Waals surface area contributed by atoms with E-state index in [0.717, 1.165) is 20.9 Å². The van der Waals surface area contributed by atoms with Crippen LogP contribution in [0.2, 0.25) is 5.02 Å². The van der Waals surface area contributed by atoms with Crippen molar-refractivity contribution < 1.29 is 4.79 Å². The predicted molar refractivity (Wildman–Crippen MR) is 88.2 cm³/mol. The van der Waals surface area contributed by atoms with Gasteiger partial charge in [0.15, 0.2) is 0 Å². The number of nitrogen functional groups attached to an aromatic ring is 1. The second-order valence-electron chi connectivity index (χ2n) is 4.61. The highest BCUT2D eigenvalue weighted by molar-refractivity contribution is 7.18. The van der Waals surface area contributed by atoms with Crippen molar-refractivity contribution in [2.24, 2.45) is 0 Å². The van der Waals surface area contributed by atoms with Crippen LogP contribution >= 0.6 is 22.9 Å². The smallest absolute Gasteiger partial charge is 0.255 e. The van der Waals surface area contributed by atoms with Gasteiger partial charge in [0.2, 0.25) is 0 Å². The van der Waals surface area contributed by atoms with Gasteiger partial charge in [-0.25, -0.2) is 4.98 Å². The molecule has 3 aromatic rings. The number of amides is 1. The highest BCUT2D eigenvalue weighted by atomic mass is 35.5. The van der Waals surface area contributed by atoms with Gasteiger partial charge in [-0.3, -0.25) is 4.79 Å². The molecule has 0 aliphatic heterocycles. The summed E-state index contributed by atoms with van der Waals surface area (Å²) in [5.41, 5.74) is 8.23. The molecule has 3 rings (SSSR count). The first kappa shape index (κ1) is 13.9. The van der Waals surface area contributed by atoms with Gasteiger partial charge < -0.3 is 11.1 Å². The SMILES string of the molecule is Cc1nc2ccc(NC(=O)c3ccc(Cl)c(N)c3)cc2s1. The number of carbonyl (C=O) groups excluding carboxylic acids is 1. The number of fused-ring (bicyclic) bond motifs is 1. The zero-order valence-corrected chi connectivity index (χ0v) is 12.8. The molecule has 0 aliphatic rings. The van der Waals surface area contributed by atoms with Crippen molar-refractivity contribution in [3.63, 3.8) is 0 Å². The molecule has 0 saturated heterocycles. The maximum atomic E-state index is 12.2. The van der Waals surface area contributed by atoms with Gasteiger partial charge >= 0.3 is 0 Å². The van der Waals surface area contributed by atoms with E-state index in [1.165, 1.54) is 0 Å². The number of aryl methyl sites for hydroxylation is 1. The largest absolute Gasteiger partial charge is 0.398 e. The van der Waals surface area contributed by atoms with E-state index in [1.807, 2.05) is 25.1 Å². The highest BCUT2D eigenvalue weighted by Gasteiger charge is 2.09. The van der Waals surface area contributed by atoms with Crippen molar-refractivity contribution in [2.75, 3.05) is 11.1 Å². The number of carbonyl (C=O) groups is 1. The molecule has 1 aromatic heterocycles. The zero-order chi connectivity index (χ0) is 15.0. The molecule has 0 bridgehead atoms. The molecule has 0 saturated carbocycles. The summed E-state index contributed by atoms with van der Waals surface area (Å²) in [6.45, 7) is 1.96. The number of halogens is 1. The van der Waals surface area contributed by atoms with Crippen LogP contribution < -0.4 is 11.1 Å². The summed E-state index contributed by atoms with van der Waals surface area (Å²) in [5.74, 6) is -0.223. The van der Waals surface area contributed by atoms with E-state index < -0.39 is 0 Å². The number of hydrogen-bond acceptors (Lipinski definition) is 4. The lowest BCUT2D eigenvalue weighted by Crippen LogP contribution is -2.12. The van der Waals surface area contributed by atoms with Gasteiger partial charge in [0.25, 0.3) is 5.91 Å². The van der Waals surface area contributed by atoms with Crippen LogP contribution in [0.5, 0.6) is 0 Å². The average molecular weight is 318 g/mol. The fourth-order valence-electron chi connectivity index (χ4n) is 2.01. The van der Waals surface area contributed by atoms with Crippen LogP contribution in [0.3, 0.4) is 0 Å². The number of nitrogens with zero attached hydrogens (tertiary/aromatic N) is 1. The fraction of sp³-hybridized carbons (Fsp3) is 0.0667. The zero-order valence-electron chi connectivity index (χ0n) is 11.2. The van der Waals surface area contributed by atoms with Gasteiger partial charge in [-0.2, -0.15) is 0 Å². The summed E-state index contributed by atoms with van der Waals surface area (Å²) in [4.78, 5) is 16.6. The minimum Gasteiger partial charge on any atom is -0.398 e. The molecular formula is C15H12ClN3OS. The van der Waals surface area contributed by atoms with Crippen LogP contribution in [0.15, 0.2) is 36.4 Å². The van der Waals surface area contributed by atoms with Crippen LogP contribution in [0, 0.1) is 6.92 Å². The minimum absolute atomic E-state index is 0.223. The molecule has 4 nitrogen and oxygen atoms in total. The third-order valence-electron chi connectivity index (χ3n) is 3.01. The van der Waals surface area contributed by atoms with Crippen molar-refractivity contribution >= 4 is 50.4 Å². The Bertz CT molecular complexity index is 844. The van der Waals surface area contributed by atoms with E-state index in [-0.39, 0.29) is 5.91 Å². The molecule has 2 aromatic carbocycles. The number of benzene rings is 2. The third kappa shape index (κ3) is 2.84. The second-order valence-corrected chi connectivity index (χ2v) is 6.25. The third-order valence-corrected chi connectivity index (χ3v) is 4.29. The summed E-state index contributed by atoms with van der Waals surface area (Å²) in [5, 5.41) is 4.28. The molecule has 106 valence electrons.